The third-order valence-electron chi connectivity index (χ3n) is 6.77. The summed E-state index contributed by atoms with van der Waals surface area (Å²) in [6.45, 7) is 0. The summed E-state index contributed by atoms with van der Waals surface area (Å²) < 4.78 is 1.53. The van der Waals surface area contributed by atoms with Crippen molar-refractivity contribution in [2.24, 2.45) is 0 Å². The van der Waals surface area contributed by atoms with E-state index in [1.807, 2.05) is 0 Å². The Kier molecular flexibility index (Phi) is 8.30. The smallest absolute Gasteiger partial charge is 0.0771 e. The summed E-state index contributed by atoms with van der Waals surface area (Å²) in [6.07, 6.45) is 6.52. The summed E-state index contributed by atoms with van der Waals surface area (Å²) in [6, 6.07) is 38.5. The van der Waals surface area contributed by atoms with E-state index >= 15 is 0 Å². The van der Waals surface area contributed by atoms with E-state index in [-0.39, 0.29) is 0 Å². The number of halogens is 2. The molecule has 0 amide bonds. The predicted octanol–water partition coefficient (Wildman–Crippen LogP) is 10.5. The fourth-order valence-corrected chi connectivity index (χ4v) is 9.01. The van der Waals surface area contributed by atoms with E-state index in [1.54, 1.807) is 0 Å². The summed E-state index contributed by atoms with van der Waals surface area (Å²) in [5, 5.41) is 10.8. The van der Waals surface area contributed by atoms with E-state index in [9.17, 15) is 0 Å². The molecule has 0 bridgehead atoms. The average molecular weight is 575 g/mol. The molecule has 0 heterocycles. The molecule has 3 heteroatoms. The molecule has 6 aromatic rings. The van der Waals surface area contributed by atoms with Gasteiger partial charge in [-0.2, -0.15) is 0 Å². The maximum atomic E-state index is 5.88. The minimum Gasteiger partial charge on any atom is -0.126 e. The van der Waals surface area contributed by atoms with Gasteiger partial charge in [0.05, 0.1) is 0 Å². The van der Waals surface area contributed by atoms with Gasteiger partial charge in [-0.15, -0.1) is 79.5 Å². The van der Waals surface area contributed by atoms with Crippen molar-refractivity contribution < 1.29 is 18.9 Å². The SMILES string of the molecule is [Cl][Zr]([Cl])=[C]1CCCCC1.c1ccc2c(c1)[cH-]c1ccccc12.c1ccc2c(c1)[cH-]c1ccccc12. The van der Waals surface area contributed by atoms with Crippen LogP contribution in [-0.2, 0) is 18.9 Å². The topological polar surface area (TPSA) is 0 Å². The fraction of sp³-hybridized carbons (Fsp3) is 0.156. The van der Waals surface area contributed by atoms with Crippen LogP contribution in [0.4, 0.5) is 0 Å². The second-order valence-electron chi connectivity index (χ2n) is 9.06. The molecule has 7 rings (SSSR count). The van der Waals surface area contributed by atoms with Crippen LogP contribution in [0, 0.1) is 0 Å². The zero-order chi connectivity index (χ0) is 24.0. The monoisotopic (exact) mass is 572 g/mol. The second kappa shape index (κ2) is 11.8. The second-order valence-corrected chi connectivity index (χ2v) is 17.7. The van der Waals surface area contributed by atoms with Crippen molar-refractivity contribution >= 4 is 63.3 Å². The molecule has 176 valence electrons. The van der Waals surface area contributed by atoms with Crippen molar-refractivity contribution in [3.8, 4) is 0 Å². The third-order valence-corrected chi connectivity index (χ3v) is 12.5. The van der Waals surface area contributed by atoms with E-state index in [1.165, 1.54) is 78.4 Å². The zero-order valence-corrected chi connectivity index (χ0v) is 23.7. The molecule has 1 aliphatic carbocycles. The number of hydrogen-bond acceptors (Lipinski definition) is 0. The van der Waals surface area contributed by atoms with Crippen LogP contribution in [0.1, 0.15) is 32.1 Å². The fourth-order valence-electron chi connectivity index (χ4n) is 4.98. The standard InChI is InChI=1S/2C13H9.C6H10.2ClH.Zr/c2*1-3-7-12-10(5-1)9-11-6-2-4-8-13(11)12;1-2-4-6-5-3-1;;;/h2*1-9H;1-5H2;2*1H;/q2*-1;;;;+2/p-2. The molecule has 0 aliphatic heterocycles. The van der Waals surface area contributed by atoms with Gasteiger partial charge in [0.15, 0.2) is 0 Å². The van der Waals surface area contributed by atoms with Crippen LogP contribution in [0.3, 0.4) is 0 Å². The summed E-state index contributed by atoms with van der Waals surface area (Å²) >= 11 is -1.88. The van der Waals surface area contributed by atoms with Crippen LogP contribution in [-0.4, -0.2) is 3.21 Å². The summed E-state index contributed by atoms with van der Waals surface area (Å²) in [7, 11) is 11.8. The first kappa shape index (κ1) is 24.6. The van der Waals surface area contributed by atoms with Gasteiger partial charge in [-0.05, 0) is 0 Å². The molecule has 0 aromatic heterocycles. The molecule has 0 radical (unpaired) electrons. The van der Waals surface area contributed by atoms with Gasteiger partial charge in [-0.1, -0.05) is 72.8 Å². The van der Waals surface area contributed by atoms with E-state index in [0.717, 1.165) is 0 Å². The van der Waals surface area contributed by atoms with Crippen LogP contribution in [0.2, 0.25) is 0 Å². The molecular formula is C32H28Cl2Zr-2. The molecule has 1 fully saturated rings. The summed E-state index contributed by atoms with van der Waals surface area (Å²) in [5.74, 6) is 0. The van der Waals surface area contributed by atoms with Gasteiger partial charge < -0.3 is 0 Å². The van der Waals surface area contributed by atoms with Crippen molar-refractivity contribution in [3.05, 3.63) is 109 Å². The predicted molar refractivity (Wildman–Crippen MR) is 154 cm³/mol. The summed E-state index contributed by atoms with van der Waals surface area (Å²) in [4.78, 5) is 0. The van der Waals surface area contributed by atoms with E-state index < -0.39 is 18.9 Å². The number of rotatable bonds is 0. The van der Waals surface area contributed by atoms with Crippen LogP contribution < -0.4 is 0 Å². The Balaban J connectivity index is 0.000000111. The van der Waals surface area contributed by atoms with E-state index in [4.69, 9.17) is 17.0 Å². The largest absolute Gasteiger partial charge is 0.126 e. The van der Waals surface area contributed by atoms with Gasteiger partial charge in [-0.3, -0.25) is 0 Å². The number of benzene rings is 4. The Morgan fingerprint density at radius 3 is 1.06 bits per heavy atom. The number of hydrogen-bond donors (Lipinski definition) is 0. The quantitative estimate of drug-likeness (QED) is 0.158. The zero-order valence-electron chi connectivity index (χ0n) is 19.7. The van der Waals surface area contributed by atoms with Gasteiger partial charge in [0.2, 0.25) is 0 Å². The van der Waals surface area contributed by atoms with E-state index in [0.29, 0.717) is 0 Å². The van der Waals surface area contributed by atoms with Crippen molar-refractivity contribution in [1.82, 2.24) is 0 Å². The summed E-state index contributed by atoms with van der Waals surface area (Å²) in [5.41, 5.74) is 0. The van der Waals surface area contributed by atoms with Crippen molar-refractivity contribution in [2.75, 3.05) is 0 Å². The molecule has 0 nitrogen and oxygen atoms in total. The molecule has 0 spiro atoms. The van der Waals surface area contributed by atoms with Crippen LogP contribution in [0.15, 0.2) is 109 Å². The minimum absolute atomic E-state index is 1.24. The Labute approximate surface area is 222 Å². The maximum Gasteiger partial charge on any atom is -0.0771 e. The Morgan fingerprint density at radius 2 is 0.771 bits per heavy atom. The Morgan fingerprint density at radius 1 is 0.457 bits per heavy atom. The van der Waals surface area contributed by atoms with Gasteiger partial charge in [-0.25, -0.2) is 0 Å². The molecule has 1 aliphatic rings. The Bertz CT molecular complexity index is 1380. The van der Waals surface area contributed by atoms with Crippen LogP contribution in [0.5, 0.6) is 0 Å². The van der Waals surface area contributed by atoms with Crippen molar-refractivity contribution in [2.45, 2.75) is 32.1 Å². The molecular weight excluding hydrogens is 546 g/mol. The van der Waals surface area contributed by atoms with Crippen molar-refractivity contribution in [3.63, 3.8) is 0 Å². The molecule has 0 N–H and O–H groups in total. The number of fused-ring (bicyclic) bond motifs is 6. The van der Waals surface area contributed by atoms with Gasteiger partial charge in [0.25, 0.3) is 0 Å². The molecule has 1 saturated carbocycles. The van der Waals surface area contributed by atoms with Gasteiger partial charge in [0.1, 0.15) is 0 Å². The minimum atomic E-state index is -1.88. The molecule has 35 heavy (non-hydrogen) atoms. The molecule has 0 unspecified atom stereocenters. The molecule has 0 atom stereocenters. The molecule has 6 aromatic carbocycles. The average Bonchev–Trinajstić information content (AvgIpc) is 3.48. The first-order valence-electron chi connectivity index (χ1n) is 12.3. The Hall–Kier alpha value is -2.05. The first-order valence-corrected chi connectivity index (χ1v) is 19.9. The van der Waals surface area contributed by atoms with Gasteiger partial charge >= 0.3 is 71.2 Å². The molecule has 0 saturated heterocycles. The van der Waals surface area contributed by atoms with Gasteiger partial charge in [0, 0.05) is 0 Å². The maximum absolute atomic E-state index is 5.88. The first-order chi connectivity index (χ1) is 17.2. The van der Waals surface area contributed by atoms with Crippen molar-refractivity contribution in [1.29, 1.82) is 0 Å². The van der Waals surface area contributed by atoms with Crippen LogP contribution in [0.25, 0.3) is 43.1 Å². The normalized spacial score (nSPS) is 13.4. The van der Waals surface area contributed by atoms with Crippen LogP contribution >= 0.6 is 17.0 Å². The third kappa shape index (κ3) is 5.86. The van der Waals surface area contributed by atoms with E-state index in [2.05, 4.69) is 109 Å².